The first-order valence-corrected chi connectivity index (χ1v) is 28.8. The number of nitrogens with zero attached hydrogens (tertiary/aromatic N) is 9. The number of esters is 3. The monoisotopic (exact) mass is 1340 g/mol. The molecule has 0 radical (unpaired) electrons. The lowest BCUT2D eigenvalue weighted by molar-refractivity contribution is -0.386. The maximum Gasteiger partial charge on any atom is 0.343 e. The molecule has 0 fully saturated rings. The lowest BCUT2D eigenvalue weighted by Crippen LogP contribution is -2.45. The van der Waals surface area contributed by atoms with E-state index in [-0.39, 0.29) is 159 Å². The Hall–Kier alpha value is -11.0. The number of carbonyl (C=O) groups is 4. The van der Waals surface area contributed by atoms with Crippen LogP contribution >= 0.6 is 12.4 Å². The predicted molar refractivity (Wildman–Crippen MR) is 348 cm³/mol. The zero-order valence-electron chi connectivity index (χ0n) is 49.7. The summed E-state index contributed by atoms with van der Waals surface area (Å²) in [5.41, 5.74) is 8.39. The number of carbonyl (C=O) groups excluding carboxylic acids is 4. The molecule has 6 aliphatic heterocycles. The maximum absolute atomic E-state index is 13.3. The quantitative estimate of drug-likeness (QED) is 0.0313. The fourth-order valence-corrected chi connectivity index (χ4v) is 13.6. The number of aromatic nitrogens is 6. The molecule has 31 heteroatoms. The van der Waals surface area contributed by atoms with E-state index in [1.54, 1.807) is 60.0 Å². The minimum absolute atomic E-state index is 0. The van der Waals surface area contributed by atoms with E-state index >= 15 is 0 Å². The first-order chi connectivity index (χ1) is 44.6. The molecule has 0 bridgehead atoms. The fraction of sp³-hybridized carbons (Fsp3) is 0.277. The number of halogens is 1. The summed E-state index contributed by atoms with van der Waals surface area (Å²) in [6.45, 7) is 3.79. The summed E-state index contributed by atoms with van der Waals surface area (Å²) in [7, 11) is 0. The smallest absolute Gasteiger partial charge is 0.343 e. The summed E-state index contributed by atoms with van der Waals surface area (Å²) in [6, 6.07) is 23.4. The standard InChI is InChI=1S/C21H14N4O6.C21H20N4O4.C21H15N3O7.2CH4.ClH.H3NO.H2/c1-2-21(28)15-13(9-31-20(21)27)19(26)24-8-12-11(7-22)10-5-3-4-6-14(10)23-16(12)18(24)17(15)25(29)30;1-2-21(28)15-13(9-29-20(21)27)19(26)25-8-12-11(7-22)10-5-3-4-6-14(10)24-17(12)18(25)16(15)23;1-2-21(28)15-13(9-31-20(21)27)19(26)23-7-11-12(8-25)10-5-3-4-6-14(10)22-16(11)18(23)17(15)24(29)30;;;;1-2;/h3-6,28H,2,8-9H2,1H3;3-6,28H,2,7-9,22-23H2,1H3;3-6,8,28H,2,7,9H2,1H3;2*1H4;1H;2H,1H2;1H/t3*21-;;;;;/m000...../s1/i;;;;;;;1+1. The molecular weight excluding hydrogens is 1270 g/mol. The van der Waals surface area contributed by atoms with E-state index in [1.807, 2.05) is 24.3 Å². The number of nitrogen functional groups attached to an aromatic ring is 1. The van der Waals surface area contributed by atoms with Crippen LogP contribution in [0.2, 0.25) is 0 Å². The van der Waals surface area contributed by atoms with Crippen molar-refractivity contribution in [3.63, 3.8) is 0 Å². The summed E-state index contributed by atoms with van der Waals surface area (Å²) < 4.78 is 18.9. The van der Waals surface area contributed by atoms with Crippen LogP contribution in [0.3, 0.4) is 0 Å². The summed E-state index contributed by atoms with van der Waals surface area (Å²) in [5, 5.41) is 75.8. The molecule has 0 aliphatic carbocycles. The summed E-state index contributed by atoms with van der Waals surface area (Å²) >= 11 is 0. The highest BCUT2D eigenvalue weighted by Gasteiger charge is 2.54. The van der Waals surface area contributed by atoms with Crippen molar-refractivity contribution in [3.05, 3.63) is 191 Å². The lowest BCUT2D eigenvalue weighted by atomic mass is 9.84. The third-order valence-corrected chi connectivity index (χ3v) is 18.1. The molecule has 96 heavy (non-hydrogen) atoms. The zero-order chi connectivity index (χ0) is 66.7. The second kappa shape index (κ2) is 25.4. The highest BCUT2D eigenvalue weighted by Crippen LogP contribution is 2.50. The van der Waals surface area contributed by atoms with Crippen LogP contribution in [-0.4, -0.2) is 83.2 Å². The minimum atomic E-state index is -2.34. The van der Waals surface area contributed by atoms with E-state index in [0.29, 0.717) is 50.6 Å². The second-order valence-corrected chi connectivity index (χ2v) is 22.3. The van der Waals surface area contributed by atoms with E-state index < -0.39 is 80.3 Å². The summed E-state index contributed by atoms with van der Waals surface area (Å²) in [6.07, 6.45) is 0.239. The topological polar surface area (TPSA) is 470 Å². The molecule has 3 atom stereocenters. The number of aliphatic hydroxyl groups is 3. The van der Waals surface area contributed by atoms with Gasteiger partial charge >= 0.3 is 29.3 Å². The van der Waals surface area contributed by atoms with Crippen molar-refractivity contribution in [1.82, 2.24) is 28.7 Å². The highest BCUT2D eigenvalue weighted by molar-refractivity contribution is 6.02. The molecule has 3 aromatic carbocycles. The van der Waals surface area contributed by atoms with Crippen LogP contribution in [0.5, 0.6) is 0 Å². The third kappa shape index (κ3) is 9.68. The number of rotatable bonds is 7. The van der Waals surface area contributed by atoms with Crippen LogP contribution in [0.15, 0.2) is 87.2 Å². The van der Waals surface area contributed by atoms with Crippen molar-refractivity contribution in [3.8, 4) is 40.2 Å². The van der Waals surface area contributed by atoms with E-state index in [9.17, 15) is 74.4 Å². The average Bonchev–Trinajstić information content (AvgIpc) is 1.63. The van der Waals surface area contributed by atoms with Gasteiger partial charge in [0.15, 0.2) is 23.1 Å². The van der Waals surface area contributed by atoms with Crippen LogP contribution in [0, 0.1) is 31.6 Å². The molecule has 30 nitrogen and oxygen atoms in total. The van der Waals surface area contributed by atoms with Gasteiger partial charge in [0.05, 0.1) is 96.5 Å². The number of nitro groups is 2. The predicted octanol–water partition coefficient (Wildman–Crippen LogP) is 6.05. The molecule has 0 saturated heterocycles. The minimum Gasteiger partial charge on any atom is -0.458 e. The number of fused-ring (bicyclic) bond motifs is 15. The Morgan fingerprint density at radius 1 is 0.583 bits per heavy atom. The summed E-state index contributed by atoms with van der Waals surface area (Å²) in [5.74, 6) is 0.612. The van der Waals surface area contributed by atoms with Gasteiger partial charge in [-0.15, -0.1) is 12.4 Å². The normalized spacial score (nSPS) is 18.1. The van der Waals surface area contributed by atoms with E-state index in [1.165, 1.54) is 18.4 Å². The Morgan fingerprint density at radius 3 is 1.36 bits per heavy atom. The number of nitrogens with two attached hydrogens (primary N) is 3. The van der Waals surface area contributed by atoms with Gasteiger partial charge in [-0.2, -0.15) is 5.26 Å². The van der Waals surface area contributed by atoms with Gasteiger partial charge in [-0.3, -0.25) is 48.5 Å². The number of anilines is 1. The number of aldehydes is 1. The van der Waals surface area contributed by atoms with Crippen LogP contribution in [0.4, 0.5) is 17.1 Å². The number of hydrogen-bond acceptors (Lipinski definition) is 25. The molecule has 498 valence electrons. The number of pyridine rings is 6. The van der Waals surface area contributed by atoms with Gasteiger partial charge in [-0.1, -0.05) is 90.2 Å². The van der Waals surface area contributed by atoms with Gasteiger partial charge in [-0.25, -0.2) is 35.2 Å². The van der Waals surface area contributed by atoms with Crippen molar-refractivity contribution in [2.75, 3.05) is 5.73 Å². The van der Waals surface area contributed by atoms with Crippen molar-refractivity contribution in [2.24, 2.45) is 11.6 Å². The molecule has 0 spiro atoms. The van der Waals surface area contributed by atoms with Crippen LogP contribution < -0.4 is 34.0 Å². The van der Waals surface area contributed by atoms with Crippen LogP contribution in [-0.2, 0) is 91.4 Å². The van der Waals surface area contributed by atoms with Crippen molar-refractivity contribution in [1.29, 1.82) is 5.26 Å². The number of ether oxygens (including phenoxy) is 3. The first kappa shape index (κ1) is 69.3. The number of cyclic esters (lactones) is 3. The van der Waals surface area contributed by atoms with Crippen molar-refractivity contribution in [2.45, 2.75) is 118 Å². The average molecular weight is 1340 g/mol. The molecule has 0 saturated carbocycles. The molecule has 0 unspecified atom stereocenters. The van der Waals surface area contributed by atoms with Gasteiger partial charge < -0.3 is 50.8 Å². The molecule has 12 heterocycles. The Morgan fingerprint density at radius 2 is 0.938 bits per heavy atom. The van der Waals surface area contributed by atoms with Crippen molar-refractivity contribution < 1.29 is 65.2 Å². The number of hydrogen-bond donors (Lipinski definition) is 7. The molecular formula is C65H63ClN12O18. The Kier molecular flexibility index (Phi) is 18.3. The third-order valence-electron chi connectivity index (χ3n) is 18.1. The summed E-state index contributed by atoms with van der Waals surface area (Å²) in [4.78, 5) is 126. The van der Waals surface area contributed by atoms with Gasteiger partial charge in [0, 0.05) is 51.9 Å². The van der Waals surface area contributed by atoms with Gasteiger partial charge in [0.2, 0.25) is 0 Å². The number of nitriles is 1. The fourth-order valence-electron chi connectivity index (χ4n) is 13.6. The number of benzene rings is 3. The highest BCUT2D eigenvalue weighted by atomic mass is 35.5. The van der Waals surface area contributed by atoms with Crippen LogP contribution in [0.1, 0.15) is 128 Å². The molecule has 9 aromatic rings. The van der Waals surface area contributed by atoms with Crippen molar-refractivity contribution >= 4 is 86.4 Å². The Labute approximate surface area is 549 Å². The SMILES string of the molecule is C.C.CC[C@@]1(O)C(=O)OCc2c1c(N)c1n(c2=O)Cc2c-1nc1ccccc1c2CN.CC[C@@]1(O)C(=O)OCc2c1c([N+](=O)[O-])c1n(c2=O)Cc2c-1nc1ccccc1c2C#N.CC[C@@]1(O)C(=O)OCc2c1c([N+](=O)[O-])c1n(c2=O)Cc2c-1nc1ccccc1c2C=O.Cl.NO.[2HH]. The Bertz CT molecular complexity index is 5170. The molecule has 15 rings (SSSR count). The molecule has 10 N–H and O–H groups in total. The van der Waals surface area contributed by atoms with E-state index in [0.717, 1.165) is 26.6 Å². The van der Waals surface area contributed by atoms with Crippen LogP contribution in [0.25, 0.3) is 66.9 Å². The Balaban J connectivity index is 0.000000180. The largest absolute Gasteiger partial charge is 0.458 e. The van der Waals surface area contributed by atoms with Gasteiger partial charge in [-0.05, 0) is 43.0 Å². The molecule has 0 amide bonds. The van der Waals surface area contributed by atoms with Gasteiger partial charge in [0.1, 0.15) is 48.7 Å². The first-order valence-electron chi connectivity index (χ1n) is 28.8. The second-order valence-electron chi connectivity index (χ2n) is 22.3. The number of para-hydroxylation sites is 3. The molecule has 6 aromatic heterocycles. The lowest BCUT2D eigenvalue weighted by Gasteiger charge is -2.33. The van der Waals surface area contributed by atoms with Gasteiger partial charge in [0.25, 0.3) is 16.7 Å². The zero-order valence-corrected chi connectivity index (χ0v) is 50.6. The molecule has 6 aliphatic rings. The maximum atomic E-state index is 13.3. The van der Waals surface area contributed by atoms with E-state index in [4.69, 9.17) is 35.9 Å². The van der Waals surface area contributed by atoms with E-state index in [2.05, 4.69) is 21.9 Å².